The third-order valence-electron chi connectivity index (χ3n) is 3.71. The number of carbonyl (C=O) groups excluding carboxylic acids is 1. The molecule has 1 aromatic heterocycles. The van der Waals surface area contributed by atoms with E-state index in [4.69, 9.17) is 0 Å². The van der Waals surface area contributed by atoms with E-state index in [2.05, 4.69) is 37.5 Å². The number of likely N-dealkylation sites (tertiary alicyclic amines) is 1. The summed E-state index contributed by atoms with van der Waals surface area (Å²) >= 11 is 0. The quantitative estimate of drug-likeness (QED) is 0.425. The molecular weight excluding hydrogens is 311 g/mol. The normalized spacial score (nSPS) is 13.3. The second-order valence-corrected chi connectivity index (χ2v) is 5.55. The maximum absolute atomic E-state index is 11.5. The lowest BCUT2D eigenvalue weighted by Crippen LogP contribution is -3.00. The van der Waals surface area contributed by atoms with Crippen LogP contribution in [0.15, 0.2) is 12.1 Å². The first-order valence-corrected chi connectivity index (χ1v) is 7.49. The van der Waals surface area contributed by atoms with Gasteiger partial charge in [0, 0.05) is 51.9 Å². The molecule has 0 aromatic carbocycles. The number of nitrogens with zero attached hydrogens (tertiary/aromatic N) is 2. The Kier molecular flexibility index (Phi) is 9.52. The standard InChI is InChI=1S/C15H23N2O.BF3.FH/c1-12-10-13(2)17(14(3)11-12)9-5-8-16-7-4-6-15(16)18;2-1(3)4;/h10-11H,4-9H2,1-3H3;;1H/q+1;;/p-1. The van der Waals surface area contributed by atoms with Crippen LogP contribution in [0.1, 0.15) is 36.2 Å². The number of carbonyl (C=O) groups is 1. The summed E-state index contributed by atoms with van der Waals surface area (Å²) in [6, 6.07) is 4.43. The minimum atomic E-state index is -3.67. The van der Waals surface area contributed by atoms with E-state index in [9.17, 15) is 17.7 Å². The van der Waals surface area contributed by atoms with Crippen molar-refractivity contribution in [2.24, 2.45) is 0 Å². The lowest BCUT2D eigenvalue weighted by molar-refractivity contribution is -0.708. The molecule has 0 radical (unpaired) electrons. The maximum atomic E-state index is 11.5. The van der Waals surface area contributed by atoms with E-state index in [-0.39, 0.29) is 4.70 Å². The minimum absolute atomic E-state index is 0. The van der Waals surface area contributed by atoms with Gasteiger partial charge in [-0.3, -0.25) is 17.7 Å². The number of rotatable bonds is 4. The van der Waals surface area contributed by atoms with Crippen molar-refractivity contribution < 1.29 is 27.0 Å². The number of pyridine rings is 1. The van der Waals surface area contributed by atoms with Crippen LogP contribution in [0.4, 0.5) is 12.9 Å². The van der Waals surface area contributed by atoms with Crippen LogP contribution >= 0.6 is 0 Å². The molecule has 0 atom stereocenters. The zero-order valence-corrected chi connectivity index (χ0v) is 13.8. The summed E-state index contributed by atoms with van der Waals surface area (Å²) in [5.74, 6) is 0.331. The van der Waals surface area contributed by atoms with E-state index in [1.165, 1.54) is 17.0 Å². The van der Waals surface area contributed by atoms with Crippen molar-refractivity contribution >= 4 is 13.5 Å². The third kappa shape index (κ3) is 7.48. The summed E-state index contributed by atoms with van der Waals surface area (Å²) in [5.41, 5.74) is 3.93. The fraction of sp³-hybridized carbons (Fsp3) is 0.600. The zero-order chi connectivity index (χ0) is 16.7. The monoisotopic (exact) mass is 334 g/mol. The van der Waals surface area contributed by atoms with Crippen LogP contribution in [-0.2, 0) is 11.3 Å². The fourth-order valence-corrected chi connectivity index (χ4v) is 2.85. The molecule has 1 aromatic rings. The smallest absolute Gasteiger partial charge is 0.762 e. The summed E-state index contributed by atoms with van der Waals surface area (Å²) in [4.78, 5) is 13.5. The number of hydrogen-bond acceptors (Lipinski definition) is 1. The van der Waals surface area contributed by atoms with E-state index < -0.39 is 7.54 Å². The summed E-state index contributed by atoms with van der Waals surface area (Å²) < 4.78 is 31.3. The highest BCUT2D eigenvalue weighted by atomic mass is 19.4. The van der Waals surface area contributed by atoms with Crippen molar-refractivity contribution in [1.29, 1.82) is 0 Å². The van der Waals surface area contributed by atoms with Gasteiger partial charge in [0.2, 0.25) is 5.91 Å². The van der Waals surface area contributed by atoms with E-state index >= 15 is 0 Å². The first-order valence-electron chi connectivity index (χ1n) is 7.49. The molecule has 1 saturated heterocycles. The minimum Gasteiger partial charge on any atom is -1.00 e. The van der Waals surface area contributed by atoms with Crippen molar-refractivity contribution in [2.75, 3.05) is 13.1 Å². The topological polar surface area (TPSA) is 24.2 Å². The molecule has 130 valence electrons. The molecule has 0 bridgehead atoms. The molecule has 1 amide bonds. The predicted molar refractivity (Wildman–Crippen MR) is 80.4 cm³/mol. The number of amides is 1. The van der Waals surface area contributed by atoms with Gasteiger partial charge in [-0.25, -0.2) is 4.57 Å². The van der Waals surface area contributed by atoms with Gasteiger partial charge in [-0.05, 0) is 18.9 Å². The maximum Gasteiger partial charge on any atom is 0.762 e. The Balaban J connectivity index is 0.000000871. The van der Waals surface area contributed by atoms with Crippen LogP contribution < -0.4 is 9.27 Å². The largest absolute Gasteiger partial charge is 1.00 e. The summed E-state index contributed by atoms with van der Waals surface area (Å²) in [6.45, 7) is 9.30. The average Bonchev–Trinajstić information content (AvgIpc) is 2.77. The third-order valence-corrected chi connectivity index (χ3v) is 3.71. The van der Waals surface area contributed by atoms with Gasteiger partial charge in [0.25, 0.3) is 0 Å². The molecule has 0 aliphatic carbocycles. The lowest BCUT2D eigenvalue weighted by atomic mass is 10.2. The Morgan fingerprint density at radius 1 is 1.17 bits per heavy atom. The Bertz CT molecular complexity index is 488. The zero-order valence-electron chi connectivity index (χ0n) is 13.8. The van der Waals surface area contributed by atoms with Gasteiger partial charge in [-0.2, -0.15) is 0 Å². The second kappa shape index (κ2) is 10.2. The van der Waals surface area contributed by atoms with Gasteiger partial charge in [0.05, 0.1) is 0 Å². The highest BCUT2D eigenvalue weighted by molar-refractivity contribution is 6.33. The van der Waals surface area contributed by atoms with E-state index in [1.807, 2.05) is 4.90 Å². The van der Waals surface area contributed by atoms with Gasteiger partial charge >= 0.3 is 7.54 Å². The molecule has 0 saturated carbocycles. The van der Waals surface area contributed by atoms with Crippen LogP contribution in [-0.4, -0.2) is 31.4 Å². The lowest BCUT2D eigenvalue weighted by Gasteiger charge is -2.14. The van der Waals surface area contributed by atoms with Gasteiger partial charge in [0.1, 0.15) is 0 Å². The van der Waals surface area contributed by atoms with Gasteiger partial charge < -0.3 is 9.60 Å². The van der Waals surface area contributed by atoms with Gasteiger partial charge in [0.15, 0.2) is 17.9 Å². The predicted octanol–water partition coefficient (Wildman–Crippen LogP) is -0.204. The van der Waals surface area contributed by atoms with Gasteiger partial charge in [-0.15, -0.1) is 0 Å². The van der Waals surface area contributed by atoms with E-state index in [1.54, 1.807) is 0 Å². The van der Waals surface area contributed by atoms with Crippen molar-refractivity contribution in [3.05, 3.63) is 29.1 Å². The molecule has 23 heavy (non-hydrogen) atoms. The van der Waals surface area contributed by atoms with E-state index in [0.717, 1.165) is 38.9 Å². The molecule has 0 unspecified atom stereocenters. The summed E-state index contributed by atoms with van der Waals surface area (Å²) in [6.07, 6.45) is 2.82. The second-order valence-electron chi connectivity index (χ2n) is 5.55. The molecule has 0 spiro atoms. The Labute approximate surface area is 135 Å². The Morgan fingerprint density at radius 2 is 1.70 bits per heavy atom. The molecular formula is C15H23BF4N2O. The summed E-state index contributed by atoms with van der Waals surface area (Å²) in [7, 11) is -3.67. The SMILES string of the molecule is Cc1cc(C)[n+](CCCN2CCCC2=O)c(C)c1.FB(F)F.[F-]. The molecule has 0 N–H and O–H groups in total. The van der Waals surface area contributed by atoms with Crippen LogP contribution in [0, 0.1) is 20.8 Å². The molecule has 2 rings (SSSR count). The molecule has 1 aliphatic heterocycles. The Hall–Kier alpha value is -1.60. The first-order chi connectivity index (χ1) is 10.3. The summed E-state index contributed by atoms with van der Waals surface area (Å²) in [5, 5.41) is 0. The number of aromatic nitrogens is 1. The van der Waals surface area contributed by atoms with Crippen molar-refractivity contribution in [1.82, 2.24) is 4.90 Å². The number of hydrogen-bond donors (Lipinski definition) is 0. The number of aryl methyl sites for hydroxylation is 3. The van der Waals surface area contributed by atoms with Crippen LogP contribution in [0.5, 0.6) is 0 Å². The molecule has 1 aliphatic rings. The van der Waals surface area contributed by atoms with Crippen molar-refractivity contribution in [2.45, 2.75) is 46.6 Å². The van der Waals surface area contributed by atoms with Crippen LogP contribution in [0.3, 0.4) is 0 Å². The van der Waals surface area contributed by atoms with E-state index in [0.29, 0.717) is 5.91 Å². The first kappa shape index (κ1) is 21.4. The average molecular weight is 334 g/mol. The highest BCUT2D eigenvalue weighted by Gasteiger charge is 2.20. The number of halogens is 4. The Morgan fingerprint density at radius 3 is 2.13 bits per heavy atom. The van der Waals surface area contributed by atoms with Crippen LogP contribution in [0.25, 0.3) is 0 Å². The molecule has 3 nitrogen and oxygen atoms in total. The van der Waals surface area contributed by atoms with Gasteiger partial charge in [-0.1, -0.05) is 0 Å². The molecule has 8 heteroatoms. The van der Waals surface area contributed by atoms with Crippen molar-refractivity contribution in [3.63, 3.8) is 0 Å². The fourth-order valence-electron chi connectivity index (χ4n) is 2.85. The highest BCUT2D eigenvalue weighted by Crippen LogP contribution is 2.10. The molecule has 2 heterocycles. The molecule has 1 fully saturated rings. The van der Waals surface area contributed by atoms with Crippen molar-refractivity contribution in [3.8, 4) is 0 Å². The van der Waals surface area contributed by atoms with Crippen LogP contribution in [0.2, 0.25) is 0 Å².